The van der Waals surface area contributed by atoms with E-state index < -0.39 is 17.9 Å². The van der Waals surface area contributed by atoms with Gasteiger partial charge in [-0.1, -0.05) is 0 Å². The van der Waals surface area contributed by atoms with E-state index in [4.69, 9.17) is 10.8 Å². The first kappa shape index (κ1) is 15.3. The number of carboxylic acid groups (broad SMARTS) is 1. The Morgan fingerprint density at radius 2 is 2.16 bits per heavy atom. The zero-order valence-electron chi connectivity index (χ0n) is 10.4. The largest absolute Gasteiger partial charge is 0.508 e. The lowest BCUT2D eigenvalue weighted by Crippen LogP contribution is -2.36. The van der Waals surface area contributed by atoms with Crippen LogP contribution in [0.5, 0.6) is 5.75 Å². The first-order chi connectivity index (χ1) is 8.95. The highest BCUT2D eigenvalue weighted by Crippen LogP contribution is 2.21. The van der Waals surface area contributed by atoms with E-state index in [1.807, 2.05) is 6.26 Å². The number of phenolic OH excluding ortho intramolecular Hbond substituents is 1. The summed E-state index contributed by atoms with van der Waals surface area (Å²) >= 11 is 1.58. The number of benzene rings is 1. The van der Waals surface area contributed by atoms with Gasteiger partial charge in [-0.15, -0.1) is 0 Å². The van der Waals surface area contributed by atoms with Crippen LogP contribution in [-0.4, -0.2) is 40.1 Å². The van der Waals surface area contributed by atoms with Crippen LogP contribution < -0.4 is 11.1 Å². The maximum absolute atomic E-state index is 11.8. The number of amides is 1. The van der Waals surface area contributed by atoms with E-state index in [-0.39, 0.29) is 17.0 Å². The number of carbonyl (C=O) groups excluding carboxylic acids is 1. The molecule has 0 aromatic heterocycles. The fourth-order valence-electron chi connectivity index (χ4n) is 1.42. The number of phenols is 1. The van der Waals surface area contributed by atoms with Crippen LogP contribution in [0.2, 0.25) is 0 Å². The minimum atomic E-state index is -1.23. The Bertz CT molecular complexity index is 479. The lowest BCUT2D eigenvalue weighted by Gasteiger charge is -2.13. The van der Waals surface area contributed by atoms with Crippen molar-refractivity contribution in [3.05, 3.63) is 23.8 Å². The van der Waals surface area contributed by atoms with Gasteiger partial charge in [0.2, 0.25) is 5.91 Å². The van der Waals surface area contributed by atoms with Crippen LogP contribution in [0.1, 0.15) is 16.8 Å². The average molecular weight is 284 g/mol. The average Bonchev–Trinajstić information content (AvgIpc) is 2.37. The fraction of sp³-hybridized carbons (Fsp3) is 0.333. The number of anilines is 1. The molecule has 0 aliphatic heterocycles. The van der Waals surface area contributed by atoms with Crippen molar-refractivity contribution in [2.75, 3.05) is 17.3 Å². The second-order valence-electron chi connectivity index (χ2n) is 3.91. The van der Waals surface area contributed by atoms with Gasteiger partial charge in [-0.25, -0.2) is 4.79 Å². The Morgan fingerprint density at radius 1 is 1.47 bits per heavy atom. The molecule has 0 radical (unpaired) electrons. The molecule has 0 fully saturated rings. The third-order valence-electron chi connectivity index (χ3n) is 2.46. The quantitative estimate of drug-likeness (QED) is 0.582. The van der Waals surface area contributed by atoms with Gasteiger partial charge in [-0.05, 0) is 36.6 Å². The maximum Gasteiger partial charge on any atom is 0.337 e. The molecular formula is C12H16N2O4S. The Hall–Kier alpha value is -1.73. The molecule has 1 aromatic carbocycles. The van der Waals surface area contributed by atoms with Crippen LogP contribution >= 0.6 is 11.8 Å². The molecule has 1 aromatic rings. The second kappa shape index (κ2) is 7.01. The molecule has 6 nitrogen and oxygen atoms in total. The van der Waals surface area contributed by atoms with Crippen LogP contribution in [0, 0.1) is 0 Å². The SMILES string of the molecule is CSCC[C@@H](N)C(=O)Nc1ccc(O)cc1C(=O)O. The van der Waals surface area contributed by atoms with Gasteiger partial charge in [0.15, 0.2) is 0 Å². The number of carbonyl (C=O) groups is 2. The van der Waals surface area contributed by atoms with E-state index in [1.165, 1.54) is 12.1 Å². The van der Waals surface area contributed by atoms with Gasteiger partial charge in [0, 0.05) is 0 Å². The lowest BCUT2D eigenvalue weighted by atomic mass is 10.1. The predicted octanol–water partition coefficient (Wildman–Crippen LogP) is 1.11. The highest BCUT2D eigenvalue weighted by Gasteiger charge is 2.17. The molecule has 0 unspecified atom stereocenters. The van der Waals surface area contributed by atoms with Gasteiger partial charge in [-0.2, -0.15) is 11.8 Å². The van der Waals surface area contributed by atoms with Gasteiger partial charge < -0.3 is 21.3 Å². The van der Waals surface area contributed by atoms with Crippen molar-refractivity contribution in [1.82, 2.24) is 0 Å². The van der Waals surface area contributed by atoms with Crippen molar-refractivity contribution in [2.45, 2.75) is 12.5 Å². The number of thioether (sulfide) groups is 1. The van der Waals surface area contributed by atoms with Gasteiger partial charge in [0.05, 0.1) is 17.3 Å². The monoisotopic (exact) mass is 284 g/mol. The summed E-state index contributed by atoms with van der Waals surface area (Å²) in [5.41, 5.74) is 5.63. The van der Waals surface area contributed by atoms with Gasteiger partial charge in [0.1, 0.15) is 5.75 Å². The van der Waals surface area contributed by atoms with Crippen molar-refractivity contribution < 1.29 is 19.8 Å². The topological polar surface area (TPSA) is 113 Å². The third kappa shape index (κ3) is 4.46. The standard InChI is InChI=1S/C12H16N2O4S/c1-19-5-4-9(13)11(16)14-10-3-2-7(15)6-8(10)12(17)18/h2-3,6,9,15H,4-5,13H2,1H3,(H,14,16)(H,17,18)/t9-/m1/s1. The molecular weight excluding hydrogens is 268 g/mol. The molecule has 0 aliphatic rings. The van der Waals surface area contributed by atoms with Crippen molar-refractivity contribution in [3.63, 3.8) is 0 Å². The number of hydrogen-bond acceptors (Lipinski definition) is 5. The number of aromatic carboxylic acids is 1. The van der Waals surface area contributed by atoms with Gasteiger partial charge in [-0.3, -0.25) is 4.79 Å². The predicted molar refractivity (Wildman–Crippen MR) is 74.7 cm³/mol. The zero-order valence-corrected chi connectivity index (χ0v) is 11.2. The molecule has 0 heterocycles. The summed E-state index contributed by atoms with van der Waals surface area (Å²) in [6.45, 7) is 0. The molecule has 1 atom stereocenters. The Morgan fingerprint density at radius 3 is 2.74 bits per heavy atom. The number of carboxylic acids is 1. The molecule has 104 valence electrons. The Balaban J connectivity index is 2.81. The maximum atomic E-state index is 11.8. The summed E-state index contributed by atoms with van der Waals surface area (Å²) in [4.78, 5) is 22.8. The van der Waals surface area contributed by atoms with E-state index >= 15 is 0 Å². The molecule has 0 aliphatic carbocycles. The van der Waals surface area contributed by atoms with Gasteiger partial charge >= 0.3 is 5.97 Å². The Kier molecular flexibility index (Phi) is 5.65. The van der Waals surface area contributed by atoms with E-state index in [0.717, 1.165) is 11.8 Å². The minimum absolute atomic E-state index is 0.120. The highest BCUT2D eigenvalue weighted by molar-refractivity contribution is 7.98. The smallest absolute Gasteiger partial charge is 0.337 e. The minimum Gasteiger partial charge on any atom is -0.508 e. The molecule has 0 spiro atoms. The van der Waals surface area contributed by atoms with Crippen LogP contribution in [0.15, 0.2) is 18.2 Å². The van der Waals surface area contributed by atoms with Crippen LogP contribution in [0.3, 0.4) is 0 Å². The lowest BCUT2D eigenvalue weighted by molar-refractivity contribution is -0.117. The molecule has 0 saturated carbocycles. The van der Waals surface area contributed by atoms with E-state index in [1.54, 1.807) is 11.8 Å². The second-order valence-corrected chi connectivity index (χ2v) is 4.90. The summed E-state index contributed by atoms with van der Waals surface area (Å²) in [5, 5.41) is 20.7. The molecule has 0 bridgehead atoms. The van der Waals surface area contributed by atoms with Crippen molar-refractivity contribution in [3.8, 4) is 5.75 Å². The normalized spacial score (nSPS) is 11.9. The van der Waals surface area contributed by atoms with Crippen molar-refractivity contribution >= 4 is 29.3 Å². The molecule has 1 rings (SSSR count). The van der Waals surface area contributed by atoms with E-state index in [0.29, 0.717) is 6.42 Å². The number of nitrogens with two attached hydrogens (primary N) is 1. The third-order valence-corrected chi connectivity index (χ3v) is 3.11. The van der Waals surface area contributed by atoms with Crippen LogP contribution in [-0.2, 0) is 4.79 Å². The molecule has 0 saturated heterocycles. The summed E-state index contributed by atoms with van der Waals surface area (Å²) in [6.07, 6.45) is 2.42. The van der Waals surface area contributed by atoms with E-state index in [2.05, 4.69) is 5.32 Å². The van der Waals surface area contributed by atoms with Crippen LogP contribution in [0.25, 0.3) is 0 Å². The first-order valence-corrected chi connectivity index (χ1v) is 6.96. The number of hydrogen-bond donors (Lipinski definition) is 4. The zero-order chi connectivity index (χ0) is 14.4. The van der Waals surface area contributed by atoms with Crippen molar-refractivity contribution in [2.24, 2.45) is 5.73 Å². The van der Waals surface area contributed by atoms with Crippen LogP contribution in [0.4, 0.5) is 5.69 Å². The van der Waals surface area contributed by atoms with Crippen molar-refractivity contribution in [1.29, 1.82) is 0 Å². The summed E-state index contributed by atoms with van der Waals surface area (Å²) in [5.74, 6) is -1.11. The van der Waals surface area contributed by atoms with E-state index in [9.17, 15) is 14.7 Å². The molecule has 1 amide bonds. The fourth-order valence-corrected chi connectivity index (χ4v) is 1.91. The Labute approximate surface area is 115 Å². The first-order valence-electron chi connectivity index (χ1n) is 5.57. The molecule has 19 heavy (non-hydrogen) atoms. The summed E-state index contributed by atoms with van der Waals surface area (Å²) in [6, 6.07) is 3.02. The number of rotatable bonds is 6. The summed E-state index contributed by atoms with van der Waals surface area (Å²) < 4.78 is 0. The molecule has 5 N–H and O–H groups in total. The van der Waals surface area contributed by atoms with Gasteiger partial charge in [0.25, 0.3) is 0 Å². The molecule has 7 heteroatoms. The number of aromatic hydroxyl groups is 1. The number of nitrogens with one attached hydrogen (secondary N) is 1. The highest BCUT2D eigenvalue weighted by atomic mass is 32.2. The summed E-state index contributed by atoms with van der Waals surface area (Å²) in [7, 11) is 0.